The molecule has 1 saturated heterocycles. The van der Waals surface area contributed by atoms with Gasteiger partial charge in [-0.15, -0.1) is 0 Å². The molecule has 0 unspecified atom stereocenters. The lowest BCUT2D eigenvalue weighted by molar-refractivity contribution is 0.153. The van der Waals surface area contributed by atoms with Gasteiger partial charge in [0.05, 0.1) is 0 Å². The van der Waals surface area contributed by atoms with Crippen molar-refractivity contribution in [2.24, 2.45) is 0 Å². The van der Waals surface area contributed by atoms with Crippen molar-refractivity contribution in [1.29, 1.82) is 0 Å². The molecule has 3 nitrogen and oxygen atoms in total. The Kier molecular flexibility index (Phi) is 6.91. The molecule has 0 saturated carbocycles. The van der Waals surface area contributed by atoms with Crippen LogP contribution in [0.15, 0.2) is 53.0 Å². The van der Waals surface area contributed by atoms with Gasteiger partial charge < -0.3 is 14.5 Å². The highest BCUT2D eigenvalue weighted by Gasteiger charge is 2.12. The molecule has 25 heavy (non-hydrogen) atoms. The summed E-state index contributed by atoms with van der Waals surface area (Å²) in [5.41, 5.74) is 2.54. The van der Waals surface area contributed by atoms with Crippen LogP contribution in [0.5, 0.6) is 5.75 Å². The molecular weight excluding hydrogens is 376 g/mol. The number of benzene rings is 2. The predicted molar refractivity (Wildman–Crippen MR) is 107 cm³/mol. The van der Waals surface area contributed by atoms with Crippen LogP contribution in [0.2, 0.25) is 0 Å². The first-order chi connectivity index (χ1) is 12.2. The van der Waals surface area contributed by atoms with Crippen LogP contribution < -0.4 is 4.74 Å². The van der Waals surface area contributed by atoms with Crippen LogP contribution in [-0.4, -0.2) is 49.6 Å². The van der Waals surface area contributed by atoms with Crippen molar-refractivity contribution < 1.29 is 4.74 Å². The van der Waals surface area contributed by atoms with Gasteiger partial charge in [-0.3, -0.25) is 0 Å². The molecule has 0 N–H and O–H groups in total. The van der Waals surface area contributed by atoms with Gasteiger partial charge in [0.1, 0.15) is 12.4 Å². The summed E-state index contributed by atoms with van der Waals surface area (Å²) in [5.74, 6) is 0.956. The molecule has 2 aromatic rings. The standard InChI is InChI=1S/C21H27BrN2O/c1-23-11-13-24(14-12-23)10-4-7-18-5-3-9-21(16-18)25-17-19-6-2-8-20(22)15-19/h2-3,5-6,8-9,15-16H,4,7,10-14,17H2,1H3. The molecule has 2 aromatic carbocycles. The average Bonchev–Trinajstić information content (AvgIpc) is 2.62. The Balaban J connectivity index is 1.44. The zero-order chi connectivity index (χ0) is 17.5. The number of halogens is 1. The van der Waals surface area contributed by atoms with Crippen molar-refractivity contribution in [3.05, 3.63) is 64.1 Å². The second-order valence-corrected chi connectivity index (χ2v) is 7.73. The summed E-state index contributed by atoms with van der Waals surface area (Å²) in [5, 5.41) is 0. The number of ether oxygens (including phenoxy) is 1. The quantitative estimate of drug-likeness (QED) is 0.689. The van der Waals surface area contributed by atoms with Crippen LogP contribution in [0.25, 0.3) is 0 Å². The van der Waals surface area contributed by atoms with E-state index in [2.05, 4.69) is 63.1 Å². The lowest BCUT2D eigenvalue weighted by atomic mass is 10.1. The van der Waals surface area contributed by atoms with E-state index in [0.717, 1.165) is 16.6 Å². The van der Waals surface area contributed by atoms with Gasteiger partial charge in [0.25, 0.3) is 0 Å². The van der Waals surface area contributed by atoms with Crippen LogP contribution in [0.4, 0.5) is 0 Å². The predicted octanol–water partition coefficient (Wildman–Crippen LogP) is 4.21. The third-order valence-corrected chi connectivity index (χ3v) is 5.22. The van der Waals surface area contributed by atoms with E-state index in [1.165, 1.54) is 50.3 Å². The largest absolute Gasteiger partial charge is 0.489 e. The number of hydrogen-bond acceptors (Lipinski definition) is 3. The molecule has 0 aromatic heterocycles. The van der Waals surface area contributed by atoms with Crippen molar-refractivity contribution in [2.75, 3.05) is 39.8 Å². The maximum Gasteiger partial charge on any atom is 0.120 e. The van der Waals surface area contributed by atoms with Crippen molar-refractivity contribution in [1.82, 2.24) is 9.80 Å². The summed E-state index contributed by atoms with van der Waals surface area (Å²) in [6.07, 6.45) is 2.32. The minimum Gasteiger partial charge on any atom is -0.489 e. The van der Waals surface area contributed by atoms with Crippen LogP contribution in [0.3, 0.4) is 0 Å². The molecule has 4 heteroatoms. The van der Waals surface area contributed by atoms with Crippen molar-refractivity contribution in [3.8, 4) is 5.75 Å². The second-order valence-electron chi connectivity index (χ2n) is 6.81. The van der Waals surface area contributed by atoms with Gasteiger partial charge in [0.15, 0.2) is 0 Å². The van der Waals surface area contributed by atoms with E-state index < -0.39 is 0 Å². The smallest absolute Gasteiger partial charge is 0.120 e. The van der Waals surface area contributed by atoms with Crippen LogP contribution in [-0.2, 0) is 13.0 Å². The molecule has 0 amide bonds. The fourth-order valence-corrected chi connectivity index (χ4v) is 3.61. The minimum atomic E-state index is 0.601. The molecule has 0 bridgehead atoms. The fraction of sp³-hybridized carbons (Fsp3) is 0.429. The van der Waals surface area contributed by atoms with Gasteiger partial charge in [-0.25, -0.2) is 0 Å². The Morgan fingerprint density at radius 3 is 2.52 bits per heavy atom. The Labute approximate surface area is 159 Å². The SMILES string of the molecule is CN1CCN(CCCc2cccc(OCc3cccc(Br)c3)c2)CC1. The Morgan fingerprint density at radius 2 is 1.72 bits per heavy atom. The monoisotopic (exact) mass is 402 g/mol. The molecule has 134 valence electrons. The molecular formula is C21H27BrN2O. The molecule has 0 aliphatic carbocycles. The molecule has 0 atom stereocenters. The number of hydrogen-bond donors (Lipinski definition) is 0. The third kappa shape index (κ3) is 6.14. The first-order valence-electron chi connectivity index (χ1n) is 9.06. The summed E-state index contributed by atoms with van der Waals surface area (Å²) >= 11 is 3.50. The fourth-order valence-electron chi connectivity index (χ4n) is 3.16. The van der Waals surface area contributed by atoms with Crippen LogP contribution >= 0.6 is 15.9 Å². The van der Waals surface area contributed by atoms with Gasteiger partial charge in [-0.1, -0.05) is 40.2 Å². The highest BCUT2D eigenvalue weighted by molar-refractivity contribution is 9.10. The average molecular weight is 403 g/mol. The van der Waals surface area contributed by atoms with E-state index in [9.17, 15) is 0 Å². The number of nitrogens with zero attached hydrogens (tertiary/aromatic N) is 2. The Bertz CT molecular complexity index is 668. The number of aryl methyl sites for hydroxylation is 1. The van der Waals surface area contributed by atoms with Gasteiger partial charge in [-0.05, 0) is 61.8 Å². The highest BCUT2D eigenvalue weighted by atomic mass is 79.9. The Morgan fingerprint density at radius 1 is 0.960 bits per heavy atom. The van der Waals surface area contributed by atoms with E-state index >= 15 is 0 Å². The van der Waals surface area contributed by atoms with Crippen molar-refractivity contribution in [2.45, 2.75) is 19.4 Å². The molecule has 3 rings (SSSR count). The number of piperazine rings is 1. The molecule has 1 aliphatic heterocycles. The third-order valence-electron chi connectivity index (χ3n) is 4.73. The Hall–Kier alpha value is -1.36. The first-order valence-corrected chi connectivity index (χ1v) is 9.85. The first kappa shape index (κ1) is 18.4. The maximum atomic E-state index is 5.96. The van der Waals surface area contributed by atoms with Crippen LogP contribution in [0, 0.1) is 0 Å². The van der Waals surface area contributed by atoms with Crippen molar-refractivity contribution >= 4 is 15.9 Å². The minimum absolute atomic E-state index is 0.601. The van der Waals surface area contributed by atoms with Crippen molar-refractivity contribution in [3.63, 3.8) is 0 Å². The van der Waals surface area contributed by atoms with E-state index in [0.29, 0.717) is 6.61 Å². The van der Waals surface area contributed by atoms with Gasteiger partial charge in [0, 0.05) is 30.7 Å². The van der Waals surface area contributed by atoms with E-state index in [1.807, 2.05) is 18.2 Å². The maximum absolute atomic E-state index is 5.96. The van der Waals surface area contributed by atoms with E-state index in [1.54, 1.807) is 0 Å². The summed E-state index contributed by atoms with van der Waals surface area (Å²) in [6.45, 7) is 6.58. The molecule has 1 fully saturated rings. The number of likely N-dealkylation sites (N-methyl/N-ethyl adjacent to an activating group) is 1. The second kappa shape index (κ2) is 9.37. The zero-order valence-electron chi connectivity index (χ0n) is 15.0. The van der Waals surface area contributed by atoms with Gasteiger partial charge in [0.2, 0.25) is 0 Å². The summed E-state index contributed by atoms with van der Waals surface area (Å²) < 4.78 is 7.05. The normalized spacial score (nSPS) is 16.1. The van der Waals surface area contributed by atoms with E-state index in [4.69, 9.17) is 4.74 Å². The molecule has 0 spiro atoms. The summed E-state index contributed by atoms with van der Waals surface area (Å²) in [7, 11) is 2.21. The lowest BCUT2D eigenvalue weighted by Gasteiger charge is -2.32. The van der Waals surface area contributed by atoms with Gasteiger partial charge in [-0.2, -0.15) is 0 Å². The number of rotatable bonds is 7. The molecule has 1 heterocycles. The molecule has 1 aliphatic rings. The zero-order valence-corrected chi connectivity index (χ0v) is 16.5. The van der Waals surface area contributed by atoms with E-state index in [-0.39, 0.29) is 0 Å². The summed E-state index contributed by atoms with van der Waals surface area (Å²) in [4.78, 5) is 4.98. The highest BCUT2D eigenvalue weighted by Crippen LogP contribution is 2.18. The van der Waals surface area contributed by atoms with Crippen LogP contribution in [0.1, 0.15) is 17.5 Å². The summed E-state index contributed by atoms with van der Waals surface area (Å²) in [6, 6.07) is 16.8. The topological polar surface area (TPSA) is 15.7 Å². The van der Waals surface area contributed by atoms with Gasteiger partial charge >= 0.3 is 0 Å². The lowest BCUT2D eigenvalue weighted by Crippen LogP contribution is -2.44. The molecule has 0 radical (unpaired) electrons.